The third-order valence-electron chi connectivity index (χ3n) is 1.75. The van der Waals surface area contributed by atoms with E-state index in [-0.39, 0.29) is 12.4 Å². The molecule has 0 aliphatic carbocycles. The van der Waals surface area contributed by atoms with Gasteiger partial charge in [-0.2, -0.15) is 13.8 Å². The van der Waals surface area contributed by atoms with E-state index in [0.717, 1.165) is 0 Å². The Labute approximate surface area is 85.6 Å². The van der Waals surface area contributed by atoms with Crippen molar-refractivity contribution in [2.75, 3.05) is 13.2 Å². The van der Waals surface area contributed by atoms with Crippen LogP contribution in [0.4, 0.5) is 8.78 Å². The van der Waals surface area contributed by atoms with Gasteiger partial charge in [-0.15, -0.1) is 0 Å². The number of alkyl halides is 2. The Morgan fingerprint density at radius 2 is 2.27 bits per heavy atom. The van der Waals surface area contributed by atoms with E-state index < -0.39 is 17.9 Å². The number of nitrogens with zero attached hydrogens (tertiary/aromatic N) is 2. The zero-order valence-electron chi connectivity index (χ0n) is 8.54. The Hall–Kier alpha value is -1.08. The maximum Gasteiger partial charge on any atom is 0.315 e. The molecule has 0 aliphatic heterocycles. The molecule has 2 N–H and O–H groups in total. The summed E-state index contributed by atoms with van der Waals surface area (Å²) in [5.74, 6) is -0.704. The minimum atomic E-state index is -2.78. The fourth-order valence-electron chi connectivity index (χ4n) is 0.934. The summed E-state index contributed by atoms with van der Waals surface area (Å²) in [4.78, 5) is 3.50. The number of ether oxygens (including phenoxy) is 1. The van der Waals surface area contributed by atoms with Crippen LogP contribution < -0.4 is 5.73 Å². The van der Waals surface area contributed by atoms with Gasteiger partial charge in [-0.3, -0.25) is 0 Å². The Morgan fingerprint density at radius 3 is 2.73 bits per heavy atom. The highest BCUT2D eigenvalue weighted by atomic mass is 19.3. The Bertz CT molecular complexity index is 315. The second-order valence-corrected chi connectivity index (χ2v) is 3.31. The highest BCUT2D eigenvalue weighted by Gasteiger charge is 2.29. The van der Waals surface area contributed by atoms with Gasteiger partial charge in [0.25, 0.3) is 5.89 Å². The van der Waals surface area contributed by atoms with Crippen LogP contribution in [0, 0.1) is 0 Å². The highest BCUT2D eigenvalue weighted by molar-refractivity contribution is 5.02. The van der Waals surface area contributed by atoms with Gasteiger partial charge in [-0.1, -0.05) is 5.16 Å². The summed E-state index contributed by atoms with van der Waals surface area (Å²) in [5.41, 5.74) is 4.76. The van der Waals surface area contributed by atoms with Crippen molar-refractivity contribution in [3.05, 3.63) is 11.7 Å². The van der Waals surface area contributed by atoms with Crippen LogP contribution in [0.2, 0.25) is 0 Å². The molecule has 1 unspecified atom stereocenters. The van der Waals surface area contributed by atoms with Gasteiger partial charge in [0.15, 0.2) is 5.82 Å². The third-order valence-corrected chi connectivity index (χ3v) is 1.75. The molecule has 0 radical (unpaired) electrons. The van der Waals surface area contributed by atoms with Crippen LogP contribution in [0.5, 0.6) is 0 Å². The molecule has 0 aliphatic rings. The summed E-state index contributed by atoms with van der Waals surface area (Å²) in [6, 6.07) is 0. The smallest absolute Gasteiger partial charge is 0.315 e. The van der Waals surface area contributed by atoms with Gasteiger partial charge < -0.3 is 15.0 Å². The molecule has 0 bridgehead atoms. The number of halogens is 2. The van der Waals surface area contributed by atoms with E-state index in [1.54, 1.807) is 13.8 Å². The Balaban J connectivity index is 2.76. The molecule has 1 aromatic rings. The Kier molecular flexibility index (Phi) is 3.70. The summed E-state index contributed by atoms with van der Waals surface area (Å²) in [7, 11) is 0. The lowest BCUT2D eigenvalue weighted by Gasteiger charge is -2.19. The molecule has 15 heavy (non-hydrogen) atoms. The molecule has 0 aromatic carbocycles. The summed E-state index contributed by atoms with van der Waals surface area (Å²) in [6.07, 6.45) is -2.78. The van der Waals surface area contributed by atoms with Crippen LogP contribution in [0.3, 0.4) is 0 Å². The number of aromatic nitrogens is 2. The van der Waals surface area contributed by atoms with Crippen LogP contribution in [0.25, 0.3) is 0 Å². The lowest BCUT2D eigenvalue weighted by atomic mass is 10.1. The summed E-state index contributed by atoms with van der Waals surface area (Å²) in [6.45, 7) is 4.01. The predicted molar refractivity (Wildman–Crippen MR) is 47.3 cm³/mol. The quantitative estimate of drug-likeness (QED) is 0.809. The fourth-order valence-corrected chi connectivity index (χ4v) is 0.934. The number of nitrogens with two attached hydrogens (primary N) is 1. The number of hydrogen-bond acceptors (Lipinski definition) is 5. The summed E-state index contributed by atoms with van der Waals surface area (Å²) >= 11 is 0. The first-order chi connectivity index (χ1) is 6.97. The van der Waals surface area contributed by atoms with Crippen molar-refractivity contribution in [3.63, 3.8) is 0 Å². The molecule has 0 saturated heterocycles. The molecule has 1 aromatic heterocycles. The minimum absolute atomic E-state index is 0.0197. The molecule has 1 rings (SSSR count). The molecule has 0 amide bonds. The second-order valence-electron chi connectivity index (χ2n) is 3.31. The van der Waals surface area contributed by atoms with Crippen LogP contribution >= 0.6 is 0 Å². The zero-order valence-corrected chi connectivity index (χ0v) is 8.54. The molecule has 1 heterocycles. The van der Waals surface area contributed by atoms with Crippen molar-refractivity contribution in [1.29, 1.82) is 0 Å². The first-order valence-electron chi connectivity index (χ1n) is 4.46. The second kappa shape index (κ2) is 4.63. The molecule has 0 spiro atoms. The average Bonchev–Trinajstić information content (AvgIpc) is 2.64. The fraction of sp³-hybridized carbons (Fsp3) is 0.750. The zero-order chi connectivity index (χ0) is 11.5. The maximum atomic E-state index is 12.2. The molecule has 0 fully saturated rings. The lowest BCUT2D eigenvalue weighted by molar-refractivity contribution is 0.0958. The van der Waals surface area contributed by atoms with E-state index in [9.17, 15) is 8.78 Å². The molecular weight excluding hydrogens is 208 g/mol. The highest BCUT2D eigenvalue weighted by Crippen LogP contribution is 2.20. The normalized spacial score (nSPS) is 15.6. The summed E-state index contributed by atoms with van der Waals surface area (Å²) in [5, 5.41) is 3.39. The van der Waals surface area contributed by atoms with E-state index >= 15 is 0 Å². The standard InChI is InChI=1S/C8H13F2N3O2/c1-3-14-4-8(2,11)7-12-6(5(9)10)15-13-7/h5H,3-4,11H2,1-2H3. The van der Waals surface area contributed by atoms with E-state index in [1.807, 2.05) is 0 Å². The van der Waals surface area contributed by atoms with Crippen molar-refractivity contribution >= 4 is 0 Å². The largest absolute Gasteiger partial charge is 0.379 e. The molecule has 0 saturated carbocycles. The monoisotopic (exact) mass is 221 g/mol. The minimum Gasteiger partial charge on any atom is -0.379 e. The SMILES string of the molecule is CCOCC(C)(N)c1noc(C(F)F)n1. The maximum absolute atomic E-state index is 12.2. The average molecular weight is 221 g/mol. The lowest BCUT2D eigenvalue weighted by Crippen LogP contribution is -2.39. The van der Waals surface area contributed by atoms with Crippen molar-refractivity contribution in [2.24, 2.45) is 5.73 Å². The molecular formula is C8H13F2N3O2. The summed E-state index contributed by atoms with van der Waals surface area (Å²) < 4.78 is 33.7. The van der Waals surface area contributed by atoms with Crippen molar-refractivity contribution in [3.8, 4) is 0 Å². The van der Waals surface area contributed by atoms with Crippen LogP contribution in [0.15, 0.2) is 4.52 Å². The number of hydrogen-bond donors (Lipinski definition) is 1. The van der Waals surface area contributed by atoms with Gasteiger partial charge >= 0.3 is 6.43 Å². The van der Waals surface area contributed by atoms with Gasteiger partial charge in [-0.05, 0) is 13.8 Å². The van der Waals surface area contributed by atoms with E-state index in [2.05, 4.69) is 14.7 Å². The molecule has 86 valence electrons. The number of rotatable bonds is 5. The van der Waals surface area contributed by atoms with Crippen molar-refractivity contribution in [1.82, 2.24) is 10.1 Å². The van der Waals surface area contributed by atoms with Crippen molar-refractivity contribution < 1.29 is 18.0 Å². The Morgan fingerprint density at radius 1 is 1.60 bits per heavy atom. The van der Waals surface area contributed by atoms with E-state index in [4.69, 9.17) is 10.5 Å². The topological polar surface area (TPSA) is 74.2 Å². The molecule has 5 nitrogen and oxygen atoms in total. The third kappa shape index (κ3) is 2.93. The van der Waals surface area contributed by atoms with Gasteiger partial charge in [0.05, 0.1) is 6.61 Å². The molecule has 1 atom stereocenters. The first kappa shape index (κ1) is 12.0. The first-order valence-corrected chi connectivity index (χ1v) is 4.46. The molecule has 7 heteroatoms. The van der Waals surface area contributed by atoms with Crippen LogP contribution in [-0.4, -0.2) is 23.4 Å². The van der Waals surface area contributed by atoms with Crippen LogP contribution in [-0.2, 0) is 10.3 Å². The predicted octanol–water partition coefficient (Wildman–Crippen LogP) is 1.22. The van der Waals surface area contributed by atoms with E-state index in [0.29, 0.717) is 6.61 Å². The van der Waals surface area contributed by atoms with Crippen LogP contribution in [0.1, 0.15) is 32.0 Å². The van der Waals surface area contributed by atoms with Gasteiger partial charge in [0.2, 0.25) is 0 Å². The van der Waals surface area contributed by atoms with Gasteiger partial charge in [0, 0.05) is 6.61 Å². The van der Waals surface area contributed by atoms with E-state index in [1.165, 1.54) is 0 Å². The van der Waals surface area contributed by atoms with Gasteiger partial charge in [-0.25, -0.2) is 0 Å². The van der Waals surface area contributed by atoms with Gasteiger partial charge in [0.1, 0.15) is 5.54 Å². The van der Waals surface area contributed by atoms with Crippen molar-refractivity contribution in [2.45, 2.75) is 25.8 Å².